The predicted molar refractivity (Wildman–Crippen MR) is 100 cm³/mol. The number of carbonyl (C=O) groups excluding carboxylic acids is 2. The highest BCUT2D eigenvalue weighted by molar-refractivity contribution is 5.95. The smallest absolute Gasteiger partial charge is 0.311 e. The van der Waals surface area contributed by atoms with E-state index in [9.17, 15) is 9.59 Å². The zero-order valence-electron chi connectivity index (χ0n) is 15.3. The van der Waals surface area contributed by atoms with Crippen molar-refractivity contribution in [2.75, 3.05) is 26.4 Å². The molecular formula is C21H23NO5. The molecule has 0 radical (unpaired) electrons. The molecule has 1 unspecified atom stereocenters. The molecule has 6 nitrogen and oxygen atoms in total. The third-order valence-electron chi connectivity index (χ3n) is 4.26. The summed E-state index contributed by atoms with van der Waals surface area (Å²) in [4.78, 5) is 24.8. The van der Waals surface area contributed by atoms with Gasteiger partial charge >= 0.3 is 5.97 Å². The molecule has 0 fully saturated rings. The fraction of sp³-hybridized carbons (Fsp3) is 0.333. The molecule has 0 aliphatic carbocycles. The summed E-state index contributed by atoms with van der Waals surface area (Å²) in [5, 5.41) is 2.83. The van der Waals surface area contributed by atoms with Gasteiger partial charge in [-0.05, 0) is 37.1 Å². The molecular weight excluding hydrogens is 346 g/mol. The van der Waals surface area contributed by atoms with E-state index in [1.165, 1.54) is 0 Å². The van der Waals surface area contributed by atoms with Gasteiger partial charge in [-0.25, -0.2) is 0 Å². The van der Waals surface area contributed by atoms with E-state index >= 15 is 0 Å². The van der Waals surface area contributed by atoms with E-state index in [0.29, 0.717) is 43.3 Å². The lowest BCUT2D eigenvalue weighted by Crippen LogP contribution is -2.35. The van der Waals surface area contributed by atoms with Gasteiger partial charge in [-0.3, -0.25) is 9.59 Å². The lowest BCUT2D eigenvalue weighted by Gasteiger charge is -2.19. The van der Waals surface area contributed by atoms with Gasteiger partial charge in [-0.15, -0.1) is 0 Å². The fourth-order valence-electron chi connectivity index (χ4n) is 2.90. The number of carbonyl (C=O) groups is 2. The maximum Gasteiger partial charge on any atom is 0.311 e. The summed E-state index contributed by atoms with van der Waals surface area (Å²) in [5.74, 6) is 0.151. The molecule has 1 heterocycles. The Morgan fingerprint density at radius 1 is 1.07 bits per heavy atom. The summed E-state index contributed by atoms with van der Waals surface area (Å²) < 4.78 is 16.1. The Labute approximate surface area is 158 Å². The second-order valence-corrected chi connectivity index (χ2v) is 6.21. The first-order valence-electron chi connectivity index (χ1n) is 9.05. The third kappa shape index (κ3) is 5.00. The van der Waals surface area contributed by atoms with Gasteiger partial charge in [-0.2, -0.15) is 0 Å². The van der Waals surface area contributed by atoms with Crippen molar-refractivity contribution in [3.63, 3.8) is 0 Å². The largest absolute Gasteiger partial charge is 0.486 e. The van der Waals surface area contributed by atoms with Gasteiger partial charge in [0.2, 0.25) is 0 Å². The maximum atomic E-state index is 12.5. The van der Waals surface area contributed by atoms with E-state index in [-0.39, 0.29) is 18.4 Å². The molecule has 1 amide bonds. The van der Waals surface area contributed by atoms with Crippen LogP contribution < -0.4 is 14.8 Å². The van der Waals surface area contributed by atoms with Crippen LogP contribution in [-0.2, 0) is 16.0 Å². The summed E-state index contributed by atoms with van der Waals surface area (Å²) in [6.07, 6.45) is 0.501. The Morgan fingerprint density at radius 2 is 1.81 bits per heavy atom. The number of nitrogens with one attached hydrogen (secondary N) is 1. The average molecular weight is 369 g/mol. The van der Waals surface area contributed by atoms with Crippen molar-refractivity contribution in [2.45, 2.75) is 13.3 Å². The van der Waals surface area contributed by atoms with Gasteiger partial charge in [0.25, 0.3) is 5.91 Å². The summed E-state index contributed by atoms with van der Waals surface area (Å²) in [6.45, 7) is 3.23. The van der Waals surface area contributed by atoms with Crippen LogP contribution in [0.3, 0.4) is 0 Å². The lowest BCUT2D eigenvalue weighted by molar-refractivity contribution is -0.147. The van der Waals surface area contributed by atoms with Crippen LogP contribution in [0.15, 0.2) is 48.5 Å². The SMILES string of the molecule is CCOC(=O)C(CNC(=O)c1ccc2c(c1)OCCO2)Cc1ccccc1. The summed E-state index contributed by atoms with van der Waals surface area (Å²) >= 11 is 0. The molecule has 2 aromatic rings. The molecule has 0 spiro atoms. The molecule has 142 valence electrons. The Hall–Kier alpha value is -3.02. The van der Waals surface area contributed by atoms with Gasteiger partial charge in [0.15, 0.2) is 11.5 Å². The molecule has 1 atom stereocenters. The Balaban J connectivity index is 1.65. The molecule has 0 aromatic heterocycles. The molecule has 1 aliphatic heterocycles. The normalized spacial score (nSPS) is 13.5. The van der Waals surface area contributed by atoms with Crippen LogP contribution in [0.5, 0.6) is 11.5 Å². The second-order valence-electron chi connectivity index (χ2n) is 6.21. The minimum atomic E-state index is -0.450. The van der Waals surface area contributed by atoms with E-state index in [2.05, 4.69) is 5.32 Å². The van der Waals surface area contributed by atoms with E-state index in [1.54, 1.807) is 25.1 Å². The minimum absolute atomic E-state index is 0.195. The monoisotopic (exact) mass is 369 g/mol. The lowest BCUT2D eigenvalue weighted by atomic mass is 9.99. The Kier molecular flexibility index (Phi) is 6.30. The first-order valence-corrected chi connectivity index (χ1v) is 9.05. The maximum absolute atomic E-state index is 12.5. The van der Waals surface area contributed by atoms with Gasteiger partial charge in [-0.1, -0.05) is 30.3 Å². The highest BCUT2D eigenvalue weighted by Gasteiger charge is 2.22. The van der Waals surface area contributed by atoms with Crippen LogP contribution in [0.1, 0.15) is 22.8 Å². The van der Waals surface area contributed by atoms with Crippen LogP contribution in [0.2, 0.25) is 0 Å². The van der Waals surface area contributed by atoms with E-state index < -0.39 is 5.92 Å². The number of ether oxygens (including phenoxy) is 3. The number of hydrogen-bond donors (Lipinski definition) is 1. The molecule has 3 rings (SSSR count). The summed E-state index contributed by atoms with van der Waals surface area (Å²) in [7, 11) is 0. The van der Waals surface area contributed by atoms with Crippen LogP contribution in [-0.4, -0.2) is 38.2 Å². The van der Waals surface area contributed by atoms with E-state index in [0.717, 1.165) is 5.56 Å². The van der Waals surface area contributed by atoms with Crippen LogP contribution in [0, 0.1) is 5.92 Å². The van der Waals surface area contributed by atoms with Crippen molar-refractivity contribution in [3.05, 3.63) is 59.7 Å². The van der Waals surface area contributed by atoms with Crippen LogP contribution in [0.4, 0.5) is 0 Å². The molecule has 1 N–H and O–H groups in total. The quantitative estimate of drug-likeness (QED) is 0.760. The first-order chi connectivity index (χ1) is 13.2. The van der Waals surface area contributed by atoms with E-state index in [4.69, 9.17) is 14.2 Å². The van der Waals surface area contributed by atoms with Crippen molar-refractivity contribution in [2.24, 2.45) is 5.92 Å². The molecule has 0 saturated carbocycles. The Bertz CT molecular complexity index is 790. The van der Waals surface area contributed by atoms with Crippen molar-refractivity contribution < 1.29 is 23.8 Å². The van der Waals surface area contributed by atoms with Gasteiger partial charge < -0.3 is 19.5 Å². The standard InChI is InChI=1S/C21H23NO5/c1-2-25-21(24)17(12-15-6-4-3-5-7-15)14-22-20(23)16-8-9-18-19(13-16)27-11-10-26-18/h3-9,13,17H,2,10-12,14H2,1H3,(H,22,23). The zero-order valence-corrected chi connectivity index (χ0v) is 15.3. The predicted octanol–water partition coefficient (Wildman–Crippen LogP) is 2.61. The highest BCUT2D eigenvalue weighted by atomic mass is 16.6. The zero-order chi connectivity index (χ0) is 19.1. The number of benzene rings is 2. The third-order valence-corrected chi connectivity index (χ3v) is 4.26. The number of rotatable bonds is 7. The molecule has 1 aliphatic rings. The average Bonchev–Trinajstić information content (AvgIpc) is 2.71. The van der Waals surface area contributed by atoms with Crippen molar-refractivity contribution in [3.8, 4) is 11.5 Å². The van der Waals surface area contributed by atoms with Gasteiger partial charge in [0.1, 0.15) is 13.2 Å². The summed E-state index contributed by atoms with van der Waals surface area (Å²) in [6, 6.07) is 14.7. The van der Waals surface area contributed by atoms with Crippen molar-refractivity contribution in [1.29, 1.82) is 0 Å². The van der Waals surface area contributed by atoms with Crippen LogP contribution >= 0.6 is 0 Å². The van der Waals surface area contributed by atoms with E-state index in [1.807, 2.05) is 30.3 Å². The van der Waals surface area contributed by atoms with Gasteiger partial charge in [0, 0.05) is 12.1 Å². The second kappa shape index (κ2) is 9.07. The minimum Gasteiger partial charge on any atom is -0.486 e. The highest BCUT2D eigenvalue weighted by Crippen LogP contribution is 2.30. The Morgan fingerprint density at radius 3 is 2.56 bits per heavy atom. The number of amides is 1. The fourth-order valence-corrected chi connectivity index (χ4v) is 2.90. The topological polar surface area (TPSA) is 73.9 Å². The molecule has 0 bridgehead atoms. The van der Waals surface area contributed by atoms with Crippen molar-refractivity contribution >= 4 is 11.9 Å². The molecule has 2 aromatic carbocycles. The van der Waals surface area contributed by atoms with Crippen LogP contribution in [0.25, 0.3) is 0 Å². The number of hydrogen-bond acceptors (Lipinski definition) is 5. The van der Waals surface area contributed by atoms with Gasteiger partial charge in [0.05, 0.1) is 12.5 Å². The summed E-state index contributed by atoms with van der Waals surface area (Å²) in [5.41, 5.74) is 1.48. The molecule has 27 heavy (non-hydrogen) atoms. The number of fused-ring (bicyclic) bond motifs is 1. The van der Waals surface area contributed by atoms with Crippen molar-refractivity contribution in [1.82, 2.24) is 5.32 Å². The first kappa shape index (κ1) is 18.8. The number of esters is 1. The molecule has 6 heteroatoms. The molecule has 0 saturated heterocycles.